The maximum atomic E-state index is 11.7. The molecule has 6 heteroatoms. The van der Waals surface area contributed by atoms with Gasteiger partial charge >= 0.3 is 5.97 Å². The lowest BCUT2D eigenvalue weighted by molar-refractivity contribution is -0.140. The fourth-order valence-corrected chi connectivity index (χ4v) is 2.87. The Labute approximate surface area is 105 Å². The van der Waals surface area contributed by atoms with Crippen LogP contribution >= 0.6 is 0 Å². The Morgan fingerprint density at radius 1 is 1.39 bits per heavy atom. The number of carbonyl (C=O) groups is 1. The predicted octanol–water partition coefficient (Wildman–Crippen LogP) is 1.21. The van der Waals surface area contributed by atoms with E-state index >= 15 is 0 Å². The number of benzene rings is 1. The number of methoxy groups -OCH3 is 1. The van der Waals surface area contributed by atoms with E-state index in [0.717, 1.165) is 6.26 Å². The number of aliphatic carboxylic acids is 1. The summed E-state index contributed by atoms with van der Waals surface area (Å²) in [6.07, 6.45) is 2.16. The first-order chi connectivity index (χ1) is 8.31. The predicted molar refractivity (Wildman–Crippen MR) is 64.7 cm³/mol. The molecular formula is C12H14O5S. The van der Waals surface area contributed by atoms with Gasteiger partial charge in [-0.1, -0.05) is 6.07 Å². The molecule has 0 saturated heterocycles. The summed E-state index contributed by atoms with van der Waals surface area (Å²) in [5.74, 6) is -0.672. The van der Waals surface area contributed by atoms with Gasteiger partial charge in [0.05, 0.1) is 12.5 Å². The summed E-state index contributed by atoms with van der Waals surface area (Å²) in [6, 6.07) is 4.54. The van der Waals surface area contributed by atoms with E-state index in [9.17, 15) is 18.3 Å². The number of ether oxygens (including phenoxy) is 1. The second-order valence-electron chi connectivity index (χ2n) is 4.53. The number of rotatable bonds is 4. The SMILES string of the molecule is COc1ccc(C2(C(=O)O)CC2)cc1S(C)(=O)=O. The number of hydrogen-bond acceptors (Lipinski definition) is 4. The van der Waals surface area contributed by atoms with Crippen LogP contribution in [0.5, 0.6) is 5.75 Å². The minimum absolute atomic E-state index is 0.0371. The van der Waals surface area contributed by atoms with Gasteiger partial charge in [0.1, 0.15) is 10.6 Å². The van der Waals surface area contributed by atoms with Crippen LogP contribution in [0.25, 0.3) is 0 Å². The zero-order valence-electron chi connectivity index (χ0n) is 10.1. The van der Waals surface area contributed by atoms with Crippen molar-refractivity contribution in [2.75, 3.05) is 13.4 Å². The Morgan fingerprint density at radius 2 is 2.00 bits per heavy atom. The summed E-state index contributed by atoms with van der Waals surface area (Å²) in [5.41, 5.74) is -0.387. The Kier molecular flexibility index (Phi) is 2.85. The minimum Gasteiger partial charge on any atom is -0.495 e. The van der Waals surface area contributed by atoms with Crippen molar-refractivity contribution in [1.82, 2.24) is 0 Å². The molecule has 0 aromatic heterocycles. The Balaban J connectivity index is 2.58. The van der Waals surface area contributed by atoms with Gasteiger partial charge in [0, 0.05) is 6.26 Å². The van der Waals surface area contributed by atoms with Crippen LogP contribution in [0.3, 0.4) is 0 Å². The lowest BCUT2D eigenvalue weighted by atomic mass is 9.96. The molecule has 1 N–H and O–H groups in total. The number of hydrogen-bond donors (Lipinski definition) is 1. The maximum Gasteiger partial charge on any atom is 0.314 e. The molecule has 0 aliphatic heterocycles. The molecule has 0 atom stereocenters. The van der Waals surface area contributed by atoms with E-state index in [-0.39, 0.29) is 10.6 Å². The van der Waals surface area contributed by atoms with Crippen molar-refractivity contribution in [3.63, 3.8) is 0 Å². The van der Waals surface area contributed by atoms with Crippen molar-refractivity contribution >= 4 is 15.8 Å². The van der Waals surface area contributed by atoms with Crippen molar-refractivity contribution < 1.29 is 23.1 Å². The van der Waals surface area contributed by atoms with Gasteiger partial charge in [-0.3, -0.25) is 4.79 Å². The molecule has 1 aromatic rings. The van der Waals surface area contributed by atoms with Gasteiger partial charge in [-0.25, -0.2) is 8.42 Å². The lowest BCUT2D eigenvalue weighted by Crippen LogP contribution is -2.20. The van der Waals surface area contributed by atoms with Gasteiger partial charge < -0.3 is 9.84 Å². The van der Waals surface area contributed by atoms with Crippen molar-refractivity contribution in [1.29, 1.82) is 0 Å². The first-order valence-electron chi connectivity index (χ1n) is 5.43. The molecule has 0 heterocycles. The van der Waals surface area contributed by atoms with E-state index in [2.05, 4.69) is 0 Å². The highest BCUT2D eigenvalue weighted by molar-refractivity contribution is 7.90. The van der Waals surface area contributed by atoms with Crippen molar-refractivity contribution in [3.8, 4) is 5.75 Å². The third-order valence-corrected chi connectivity index (χ3v) is 4.39. The molecule has 1 fully saturated rings. The Hall–Kier alpha value is -1.56. The van der Waals surface area contributed by atoms with Crippen LogP contribution in [0.1, 0.15) is 18.4 Å². The summed E-state index contributed by atoms with van der Waals surface area (Å²) in [7, 11) is -2.06. The number of sulfone groups is 1. The van der Waals surface area contributed by atoms with Gasteiger partial charge in [0.15, 0.2) is 9.84 Å². The topological polar surface area (TPSA) is 80.7 Å². The van der Waals surface area contributed by atoms with E-state index in [0.29, 0.717) is 18.4 Å². The molecule has 18 heavy (non-hydrogen) atoms. The maximum absolute atomic E-state index is 11.7. The molecule has 0 bridgehead atoms. The standard InChI is InChI=1S/C12H14O5S/c1-17-9-4-3-8(7-10(9)18(2,15)16)12(5-6-12)11(13)14/h3-4,7H,5-6H2,1-2H3,(H,13,14). The van der Waals surface area contributed by atoms with E-state index < -0.39 is 21.2 Å². The first-order valence-corrected chi connectivity index (χ1v) is 7.32. The van der Waals surface area contributed by atoms with E-state index in [1.165, 1.54) is 19.2 Å². The van der Waals surface area contributed by atoms with Gasteiger partial charge in [0.2, 0.25) is 0 Å². The zero-order chi connectivity index (χ0) is 13.6. The minimum atomic E-state index is -3.44. The Morgan fingerprint density at radius 3 is 2.39 bits per heavy atom. The molecule has 0 unspecified atom stereocenters. The fraction of sp³-hybridized carbons (Fsp3) is 0.417. The van der Waals surface area contributed by atoms with Crippen LogP contribution in [-0.4, -0.2) is 32.9 Å². The molecule has 98 valence electrons. The molecule has 2 rings (SSSR count). The lowest BCUT2D eigenvalue weighted by Gasteiger charge is -2.13. The first kappa shape index (κ1) is 12.9. The fourth-order valence-electron chi connectivity index (χ4n) is 2.02. The molecule has 0 spiro atoms. The van der Waals surface area contributed by atoms with Crippen molar-refractivity contribution in [2.24, 2.45) is 0 Å². The normalized spacial score (nSPS) is 17.2. The molecule has 1 aromatic carbocycles. The average Bonchev–Trinajstić information content (AvgIpc) is 3.08. The molecular weight excluding hydrogens is 256 g/mol. The quantitative estimate of drug-likeness (QED) is 0.889. The summed E-state index contributed by atoms with van der Waals surface area (Å²) >= 11 is 0. The van der Waals surface area contributed by atoms with E-state index in [4.69, 9.17) is 4.74 Å². The third-order valence-electron chi connectivity index (χ3n) is 3.28. The van der Waals surface area contributed by atoms with Crippen molar-refractivity contribution in [3.05, 3.63) is 23.8 Å². The van der Waals surface area contributed by atoms with E-state index in [1.807, 2.05) is 0 Å². The smallest absolute Gasteiger partial charge is 0.314 e. The van der Waals surface area contributed by atoms with Crippen LogP contribution in [0.4, 0.5) is 0 Å². The molecule has 0 radical (unpaired) electrons. The van der Waals surface area contributed by atoms with Crippen molar-refractivity contribution in [2.45, 2.75) is 23.2 Å². The summed E-state index contributed by atoms with van der Waals surface area (Å²) < 4.78 is 28.3. The van der Waals surface area contributed by atoms with Crippen LogP contribution in [0, 0.1) is 0 Å². The summed E-state index contributed by atoms with van der Waals surface area (Å²) in [6.45, 7) is 0. The molecule has 0 amide bonds. The van der Waals surface area contributed by atoms with Gasteiger partial charge in [-0.2, -0.15) is 0 Å². The number of carboxylic acids is 1. The largest absolute Gasteiger partial charge is 0.495 e. The highest BCUT2D eigenvalue weighted by Crippen LogP contribution is 2.49. The average molecular weight is 270 g/mol. The van der Waals surface area contributed by atoms with E-state index in [1.54, 1.807) is 6.07 Å². The molecule has 1 saturated carbocycles. The molecule has 5 nitrogen and oxygen atoms in total. The zero-order valence-corrected chi connectivity index (χ0v) is 11.0. The van der Waals surface area contributed by atoms with Gasteiger partial charge in [-0.15, -0.1) is 0 Å². The van der Waals surface area contributed by atoms with Gasteiger partial charge in [0.25, 0.3) is 0 Å². The number of carboxylic acid groups (broad SMARTS) is 1. The summed E-state index contributed by atoms with van der Waals surface area (Å²) in [4.78, 5) is 11.3. The second-order valence-corrected chi connectivity index (χ2v) is 6.51. The second kappa shape index (κ2) is 3.98. The highest BCUT2D eigenvalue weighted by Gasteiger charge is 2.52. The highest BCUT2D eigenvalue weighted by atomic mass is 32.2. The third kappa shape index (κ3) is 1.96. The van der Waals surface area contributed by atoms with Crippen LogP contribution in [0.2, 0.25) is 0 Å². The molecule has 1 aliphatic carbocycles. The summed E-state index contributed by atoms with van der Waals surface area (Å²) in [5, 5.41) is 9.20. The monoisotopic (exact) mass is 270 g/mol. The van der Waals surface area contributed by atoms with Gasteiger partial charge in [-0.05, 0) is 30.5 Å². The molecule has 1 aliphatic rings. The Bertz CT molecular complexity index is 599. The van der Waals surface area contributed by atoms with Crippen LogP contribution in [0.15, 0.2) is 23.1 Å². The van der Waals surface area contributed by atoms with Crippen LogP contribution in [-0.2, 0) is 20.0 Å². The van der Waals surface area contributed by atoms with Crippen LogP contribution < -0.4 is 4.74 Å².